The van der Waals surface area contributed by atoms with Crippen molar-refractivity contribution in [1.82, 2.24) is 25.0 Å². The maximum absolute atomic E-state index is 4.02. The first-order chi connectivity index (χ1) is 5.88. The standard InChI is InChI=1S/C5H5N5.C2H6/c1-10-5-4(8-9-10)6-2-3-7-5;1-2/h2-3H,1H3;1-2H3. The van der Waals surface area contributed by atoms with E-state index in [1.807, 2.05) is 13.8 Å². The van der Waals surface area contributed by atoms with E-state index in [1.165, 1.54) is 0 Å². The highest BCUT2D eigenvalue weighted by Crippen LogP contribution is 1.98. The predicted molar refractivity (Wildman–Crippen MR) is 45.4 cm³/mol. The molecule has 0 aliphatic heterocycles. The monoisotopic (exact) mass is 165 g/mol. The molecule has 5 heteroatoms. The Hall–Kier alpha value is -1.52. The van der Waals surface area contributed by atoms with E-state index in [0.29, 0.717) is 11.3 Å². The molecule has 0 fully saturated rings. The third kappa shape index (κ3) is 1.39. The first kappa shape index (κ1) is 8.58. The van der Waals surface area contributed by atoms with Crippen LogP contribution in [-0.4, -0.2) is 25.0 Å². The Kier molecular flexibility index (Phi) is 2.68. The summed E-state index contributed by atoms with van der Waals surface area (Å²) >= 11 is 0. The summed E-state index contributed by atoms with van der Waals surface area (Å²) in [6.07, 6.45) is 3.21. The van der Waals surface area contributed by atoms with Gasteiger partial charge >= 0.3 is 0 Å². The molecule has 2 heterocycles. The minimum absolute atomic E-state index is 0.588. The fourth-order valence-electron chi connectivity index (χ4n) is 0.774. The number of fused-ring (bicyclic) bond motifs is 1. The number of aromatic nitrogens is 5. The molecular weight excluding hydrogens is 154 g/mol. The Morgan fingerprint density at radius 1 is 1.17 bits per heavy atom. The number of nitrogens with zero attached hydrogens (tertiary/aromatic N) is 5. The van der Waals surface area contributed by atoms with Gasteiger partial charge in [-0.05, 0) is 0 Å². The highest BCUT2D eigenvalue weighted by molar-refractivity contribution is 5.62. The first-order valence-corrected chi connectivity index (χ1v) is 3.84. The Labute approximate surface area is 70.4 Å². The molecule has 0 radical (unpaired) electrons. The molecule has 64 valence electrons. The first-order valence-electron chi connectivity index (χ1n) is 3.84. The minimum atomic E-state index is 0.588. The van der Waals surface area contributed by atoms with Gasteiger partial charge in [0.15, 0.2) is 5.65 Å². The summed E-state index contributed by atoms with van der Waals surface area (Å²) in [5.74, 6) is 0. The van der Waals surface area contributed by atoms with Crippen LogP contribution in [0.3, 0.4) is 0 Å². The van der Waals surface area contributed by atoms with Gasteiger partial charge in [-0.2, -0.15) is 0 Å². The van der Waals surface area contributed by atoms with Crippen molar-refractivity contribution in [2.24, 2.45) is 7.05 Å². The van der Waals surface area contributed by atoms with Crippen LogP contribution in [0.2, 0.25) is 0 Å². The van der Waals surface area contributed by atoms with Gasteiger partial charge in [0, 0.05) is 19.4 Å². The van der Waals surface area contributed by atoms with Crippen LogP contribution in [0.15, 0.2) is 12.4 Å². The topological polar surface area (TPSA) is 56.5 Å². The Morgan fingerprint density at radius 2 is 1.83 bits per heavy atom. The summed E-state index contributed by atoms with van der Waals surface area (Å²) in [5, 5.41) is 7.50. The van der Waals surface area contributed by atoms with Gasteiger partial charge < -0.3 is 0 Å². The average Bonchev–Trinajstić information content (AvgIpc) is 2.53. The summed E-state index contributed by atoms with van der Waals surface area (Å²) in [6.45, 7) is 4.00. The van der Waals surface area contributed by atoms with Crippen LogP contribution < -0.4 is 0 Å². The quantitative estimate of drug-likeness (QED) is 0.579. The molecule has 0 aliphatic rings. The summed E-state index contributed by atoms with van der Waals surface area (Å²) in [5.41, 5.74) is 1.30. The molecule has 0 aromatic carbocycles. The Balaban J connectivity index is 0.000000336. The third-order valence-corrected chi connectivity index (χ3v) is 1.24. The minimum Gasteiger partial charge on any atom is -0.232 e. The van der Waals surface area contributed by atoms with Gasteiger partial charge in [-0.3, -0.25) is 0 Å². The molecule has 2 aromatic heterocycles. The number of hydrogen-bond donors (Lipinski definition) is 0. The van der Waals surface area contributed by atoms with Crippen LogP contribution in [-0.2, 0) is 7.05 Å². The average molecular weight is 165 g/mol. The van der Waals surface area contributed by atoms with Crippen LogP contribution in [0.5, 0.6) is 0 Å². The second-order valence-electron chi connectivity index (χ2n) is 1.92. The third-order valence-electron chi connectivity index (χ3n) is 1.24. The lowest BCUT2D eigenvalue weighted by Crippen LogP contribution is -1.91. The molecule has 0 bridgehead atoms. The Bertz CT molecular complexity index is 353. The van der Waals surface area contributed by atoms with E-state index in [-0.39, 0.29) is 0 Å². The van der Waals surface area contributed by atoms with Gasteiger partial charge in [-0.25, -0.2) is 14.6 Å². The van der Waals surface area contributed by atoms with E-state index in [0.717, 1.165) is 0 Å². The second-order valence-corrected chi connectivity index (χ2v) is 1.92. The van der Waals surface area contributed by atoms with Gasteiger partial charge in [0.2, 0.25) is 5.65 Å². The summed E-state index contributed by atoms with van der Waals surface area (Å²) in [4.78, 5) is 7.96. The lowest BCUT2D eigenvalue weighted by Gasteiger charge is -1.85. The largest absolute Gasteiger partial charge is 0.232 e. The number of hydrogen-bond acceptors (Lipinski definition) is 4. The molecular formula is C7H11N5. The van der Waals surface area contributed by atoms with Crippen molar-refractivity contribution >= 4 is 11.3 Å². The zero-order chi connectivity index (χ0) is 8.97. The number of rotatable bonds is 0. The van der Waals surface area contributed by atoms with Crippen molar-refractivity contribution in [3.63, 3.8) is 0 Å². The molecule has 0 atom stereocenters. The van der Waals surface area contributed by atoms with Gasteiger partial charge in [-0.1, -0.05) is 19.1 Å². The van der Waals surface area contributed by atoms with Crippen molar-refractivity contribution in [2.75, 3.05) is 0 Å². The van der Waals surface area contributed by atoms with Crippen molar-refractivity contribution in [3.8, 4) is 0 Å². The molecule has 2 rings (SSSR count). The highest BCUT2D eigenvalue weighted by atomic mass is 15.4. The molecule has 0 aliphatic carbocycles. The molecule has 12 heavy (non-hydrogen) atoms. The van der Waals surface area contributed by atoms with Crippen molar-refractivity contribution in [3.05, 3.63) is 12.4 Å². The van der Waals surface area contributed by atoms with Crippen LogP contribution in [0, 0.1) is 0 Å². The van der Waals surface area contributed by atoms with Gasteiger partial charge in [0.25, 0.3) is 0 Å². The van der Waals surface area contributed by atoms with Crippen LogP contribution >= 0.6 is 0 Å². The molecule has 0 unspecified atom stereocenters. The molecule has 2 aromatic rings. The zero-order valence-electron chi connectivity index (χ0n) is 7.39. The summed E-state index contributed by atoms with van der Waals surface area (Å²) < 4.78 is 1.59. The fraction of sp³-hybridized carbons (Fsp3) is 0.429. The lowest BCUT2D eigenvalue weighted by molar-refractivity contribution is 0.729. The summed E-state index contributed by atoms with van der Waals surface area (Å²) in [6, 6.07) is 0. The molecule has 5 nitrogen and oxygen atoms in total. The van der Waals surface area contributed by atoms with Crippen molar-refractivity contribution < 1.29 is 0 Å². The van der Waals surface area contributed by atoms with Crippen LogP contribution in [0.25, 0.3) is 11.3 Å². The van der Waals surface area contributed by atoms with E-state index in [2.05, 4.69) is 20.3 Å². The van der Waals surface area contributed by atoms with E-state index in [1.54, 1.807) is 24.1 Å². The van der Waals surface area contributed by atoms with E-state index in [9.17, 15) is 0 Å². The lowest BCUT2D eigenvalue weighted by atomic mass is 10.7. The summed E-state index contributed by atoms with van der Waals surface area (Å²) in [7, 11) is 1.78. The molecule has 0 saturated heterocycles. The SMILES string of the molecule is CC.Cn1nnc2nccnc21. The molecule has 0 saturated carbocycles. The van der Waals surface area contributed by atoms with E-state index < -0.39 is 0 Å². The zero-order valence-corrected chi connectivity index (χ0v) is 7.39. The highest BCUT2D eigenvalue weighted by Gasteiger charge is 1.99. The molecule has 0 N–H and O–H groups in total. The maximum atomic E-state index is 4.02. The van der Waals surface area contributed by atoms with Crippen LogP contribution in [0.4, 0.5) is 0 Å². The van der Waals surface area contributed by atoms with Crippen LogP contribution in [0.1, 0.15) is 13.8 Å². The fourth-order valence-corrected chi connectivity index (χ4v) is 0.774. The maximum Gasteiger partial charge on any atom is 0.221 e. The molecule has 0 amide bonds. The van der Waals surface area contributed by atoms with Crippen molar-refractivity contribution in [2.45, 2.75) is 13.8 Å². The van der Waals surface area contributed by atoms with Gasteiger partial charge in [0.05, 0.1) is 0 Å². The van der Waals surface area contributed by atoms with Crippen molar-refractivity contribution in [1.29, 1.82) is 0 Å². The Morgan fingerprint density at radius 3 is 2.50 bits per heavy atom. The van der Waals surface area contributed by atoms with E-state index >= 15 is 0 Å². The number of aryl methyl sites for hydroxylation is 1. The van der Waals surface area contributed by atoms with E-state index in [4.69, 9.17) is 0 Å². The van der Waals surface area contributed by atoms with Gasteiger partial charge in [0.1, 0.15) is 0 Å². The predicted octanol–water partition coefficient (Wildman–Crippen LogP) is 0.784. The normalized spacial score (nSPS) is 9.25. The van der Waals surface area contributed by atoms with Gasteiger partial charge in [-0.15, -0.1) is 5.10 Å². The molecule has 0 spiro atoms. The smallest absolute Gasteiger partial charge is 0.221 e. The second kappa shape index (κ2) is 3.75.